The highest BCUT2D eigenvalue weighted by Crippen LogP contribution is 2.32. The molecule has 0 saturated carbocycles. The first-order chi connectivity index (χ1) is 13.1. The third-order valence-electron chi connectivity index (χ3n) is 4.21. The number of ether oxygens (including phenoxy) is 4. The van der Waals surface area contributed by atoms with Crippen LogP contribution in [-0.4, -0.2) is 32.7 Å². The summed E-state index contributed by atoms with van der Waals surface area (Å²) in [6.07, 6.45) is 0.234. The fourth-order valence-electron chi connectivity index (χ4n) is 2.72. The maximum absolute atomic E-state index is 12.3. The molecule has 7 heteroatoms. The van der Waals surface area contributed by atoms with Crippen LogP contribution in [0.4, 0.5) is 0 Å². The van der Waals surface area contributed by atoms with E-state index < -0.39 is 0 Å². The number of methoxy groups -OCH3 is 2. The van der Waals surface area contributed by atoms with E-state index in [1.165, 1.54) is 0 Å². The average molecular weight is 371 g/mol. The Morgan fingerprint density at radius 3 is 2.52 bits per heavy atom. The zero-order chi connectivity index (χ0) is 19.2. The van der Waals surface area contributed by atoms with Gasteiger partial charge in [-0.2, -0.15) is 0 Å². The van der Waals surface area contributed by atoms with Crippen LogP contribution in [0, 0.1) is 0 Å². The topological polar surface area (TPSA) is 83.1 Å². The lowest BCUT2D eigenvalue weighted by atomic mass is 10.1. The minimum atomic E-state index is -0.195. The smallest absolute Gasteiger partial charge is 0.231 e. The van der Waals surface area contributed by atoms with Crippen LogP contribution in [0.1, 0.15) is 28.8 Å². The molecule has 0 radical (unpaired) electrons. The van der Waals surface area contributed by atoms with Crippen molar-refractivity contribution >= 4 is 11.7 Å². The van der Waals surface area contributed by atoms with Gasteiger partial charge in [0.15, 0.2) is 28.8 Å². The van der Waals surface area contributed by atoms with Crippen molar-refractivity contribution in [3.05, 3.63) is 47.5 Å². The van der Waals surface area contributed by atoms with Crippen LogP contribution in [0.3, 0.4) is 0 Å². The Balaban J connectivity index is 1.49. The molecule has 0 aliphatic carbocycles. The number of ketones is 1. The molecule has 27 heavy (non-hydrogen) atoms. The number of fused-ring (bicyclic) bond motifs is 1. The summed E-state index contributed by atoms with van der Waals surface area (Å²) in [5.41, 5.74) is 1.38. The number of hydrogen-bond acceptors (Lipinski definition) is 6. The predicted molar refractivity (Wildman–Crippen MR) is 97.5 cm³/mol. The third kappa shape index (κ3) is 4.49. The Morgan fingerprint density at radius 2 is 1.74 bits per heavy atom. The van der Waals surface area contributed by atoms with E-state index in [1.54, 1.807) is 44.6 Å². The van der Waals surface area contributed by atoms with Crippen molar-refractivity contribution in [2.75, 3.05) is 21.0 Å². The summed E-state index contributed by atoms with van der Waals surface area (Å²) in [7, 11) is 3.12. The molecular formula is C20H21NO6. The Morgan fingerprint density at radius 1 is 0.963 bits per heavy atom. The molecule has 1 aliphatic rings. The normalized spacial score (nSPS) is 11.8. The van der Waals surface area contributed by atoms with Crippen molar-refractivity contribution in [1.82, 2.24) is 5.32 Å². The average Bonchev–Trinajstić information content (AvgIpc) is 3.17. The van der Waals surface area contributed by atoms with Crippen LogP contribution in [0.15, 0.2) is 36.4 Å². The highest BCUT2D eigenvalue weighted by atomic mass is 16.7. The molecule has 0 fully saturated rings. The monoisotopic (exact) mass is 371 g/mol. The summed E-state index contributed by atoms with van der Waals surface area (Å²) in [4.78, 5) is 24.3. The second-order valence-corrected chi connectivity index (χ2v) is 5.96. The molecule has 0 aromatic heterocycles. The Labute approximate surface area is 157 Å². The molecule has 1 amide bonds. The standard InChI is InChI=1S/C20H21NO6/c1-24-16-6-3-13(9-18(16)25-2)11-21-20(23)8-5-15(22)14-4-7-17-19(10-14)27-12-26-17/h3-4,6-7,9-10H,5,8,11-12H2,1-2H3,(H,21,23). The van der Waals surface area contributed by atoms with Crippen LogP contribution < -0.4 is 24.3 Å². The van der Waals surface area contributed by atoms with Gasteiger partial charge in [-0.15, -0.1) is 0 Å². The van der Waals surface area contributed by atoms with E-state index in [-0.39, 0.29) is 31.3 Å². The van der Waals surface area contributed by atoms with Crippen LogP contribution in [-0.2, 0) is 11.3 Å². The number of carbonyl (C=O) groups excluding carboxylic acids is 2. The van der Waals surface area contributed by atoms with Gasteiger partial charge in [0.25, 0.3) is 0 Å². The highest BCUT2D eigenvalue weighted by Gasteiger charge is 2.17. The first-order valence-corrected chi connectivity index (χ1v) is 8.51. The SMILES string of the molecule is COc1ccc(CNC(=O)CCC(=O)c2ccc3c(c2)OCO3)cc1OC. The van der Waals surface area contributed by atoms with Gasteiger partial charge in [-0.25, -0.2) is 0 Å². The lowest BCUT2D eigenvalue weighted by Crippen LogP contribution is -2.23. The molecule has 0 bridgehead atoms. The van der Waals surface area contributed by atoms with Crippen molar-refractivity contribution in [3.63, 3.8) is 0 Å². The molecule has 0 atom stereocenters. The number of benzene rings is 2. The first-order valence-electron chi connectivity index (χ1n) is 8.51. The molecule has 0 spiro atoms. The van der Waals surface area contributed by atoms with Gasteiger partial charge in [0.2, 0.25) is 12.7 Å². The van der Waals surface area contributed by atoms with Gasteiger partial charge in [-0.1, -0.05) is 6.07 Å². The van der Waals surface area contributed by atoms with Crippen molar-refractivity contribution < 1.29 is 28.5 Å². The van der Waals surface area contributed by atoms with Gasteiger partial charge < -0.3 is 24.3 Å². The van der Waals surface area contributed by atoms with Crippen molar-refractivity contribution in [2.45, 2.75) is 19.4 Å². The molecule has 3 rings (SSSR count). The van der Waals surface area contributed by atoms with Crippen molar-refractivity contribution in [1.29, 1.82) is 0 Å². The number of hydrogen-bond donors (Lipinski definition) is 1. The molecule has 0 saturated heterocycles. The summed E-state index contributed by atoms with van der Waals surface area (Å²) in [5, 5.41) is 2.80. The second kappa shape index (κ2) is 8.44. The van der Waals surface area contributed by atoms with Crippen molar-refractivity contribution in [3.8, 4) is 23.0 Å². The summed E-state index contributed by atoms with van der Waals surface area (Å²) < 4.78 is 20.9. The minimum absolute atomic E-state index is 0.112. The van der Waals surface area contributed by atoms with Gasteiger partial charge >= 0.3 is 0 Å². The fourth-order valence-corrected chi connectivity index (χ4v) is 2.72. The Bertz CT molecular complexity index is 848. The maximum Gasteiger partial charge on any atom is 0.231 e. The molecule has 1 N–H and O–H groups in total. The molecule has 1 heterocycles. The minimum Gasteiger partial charge on any atom is -0.493 e. The van der Waals surface area contributed by atoms with E-state index in [1.807, 2.05) is 6.07 Å². The van der Waals surface area contributed by atoms with Gasteiger partial charge in [-0.05, 0) is 35.9 Å². The molecule has 2 aromatic carbocycles. The Kier molecular flexibility index (Phi) is 5.80. The highest BCUT2D eigenvalue weighted by molar-refractivity contribution is 5.98. The van der Waals surface area contributed by atoms with Crippen LogP contribution >= 0.6 is 0 Å². The zero-order valence-corrected chi connectivity index (χ0v) is 15.2. The molecule has 0 unspecified atom stereocenters. The maximum atomic E-state index is 12.3. The summed E-state index contributed by atoms with van der Waals surface area (Å²) >= 11 is 0. The lowest BCUT2D eigenvalue weighted by molar-refractivity contribution is -0.121. The van der Waals surface area contributed by atoms with Crippen molar-refractivity contribution in [2.24, 2.45) is 0 Å². The first kappa shape index (κ1) is 18.6. The molecule has 7 nitrogen and oxygen atoms in total. The van der Waals surface area contributed by atoms with E-state index >= 15 is 0 Å². The van der Waals surface area contributed by atoms with Crippen LogP contribution in [0.25, 0.3) is 0 Å². The molecule has 1 aliphatic heterocycles. The zero-order valence-electron chi connectivity index (χ0n) is 15.2. The number of amides is 1. The van der Waals surface area contributed by atoms with Crippen LogP contribution in [0.2, 0.25) is 0 Å². The summed E-state index contributed by atoms with van der Waals surface area (Å²) in [5.74, 6) is 2.09. The predicted octanol–water partition coefficient (Wildman–Crippen LogP) is 2.71. The quantitative estimate of drug-likeness (QED) is 0.719. The van der Waals surface area contributed by atoms with Gasteiger partial charge in [0, 0.05) is 24.9 Å². The number of rotatable bonds is 8. The summed E-state index contributed by atoms with van der Waals surface area (Å²) in [6, 6.07) is 10.5. The number of nitrogens with one attached hydrogen (secondary N) is 1. The molecular weight excluding hydrogens is 350 g/mol. The van der Waals surface area contributed by atoms with E-state index in [9.17, 15) is 9.59 Å². The van der Waals surface area contributed by atoms with E-state index in [2.05, 4.69) is 5.32 Å². The fraction of sp³-hybridized carbons (Fsp3) is 0.300. The van der Waals surface area contributed by atoms with Gasteiger partial charge in [0.05, 0.1) is 14.2 Å². The second-order valence-electron chi connectivity index (χ2n) is 5.96. The number of Topliss-reactive ketones (excluding diaryl/α,β-unsaturated/α-hetero) is 1. The van der Waals surface area contributed by atoms with Gasteiger partial charge in [-0.3, -0.25) is 9.59 Å². The number of carbonyl (C=O) groups is 2. The van der Waals surface area contributed by atoms with E-state index in [4.69, 9.17) is 18.9 Å². The third-order valence-corrected chi connectivity index (χ3v) is 4.21. The molecule has 2 aromatic rings. The van der Waals surface area contributed by atoms with E-state index in [0.29, 0.717) is 35.1 Å². The van der Waals surface area contributed by atoms with E-state index in [0.717, 1.165) is 5.56 Å². The lowest BCUT2D eigenvalue weighted by Gasteiger charge is -2.10. The van der Waals surface area contributed by atoms with Crippen LogP contribution in [0.5, 0.6) is 23.0 Å². The van der Waals surface area contributed by atoms with Gasteiger partial charge in [0.1, 0.15) is 0 Å². The largest absolute Gasteiger partial charge is 0.493 e. The molecule has 142 valence electrons. The summed E-state index contributed by atoms with van der Waals surface area (Å²) in [6.45, 7) is 0.503. The Hall–Kier alpha value is -3.22.